The van der Waals surface area contributed by atoms with Crippen LogP contribution in [0.15, 0.2) is 11.6 Å². The maximum absolute atomic E-state index is 10.6. The molecular weight excluding hydrogens is 182 g/mol. The Bertz CT molecular complexity index is 258. The second kappa shape index (κ2) is 4.09. The summed E-state index contributed by atoms with van der Waals surface area (Å²) in [6.07, 6.45) is 2.63. The van der Waals surface area contributed by atoms with Gasteiger partial charge >= 0.3 is 0 Å². The molecule has 2 atom stereocenters. The lowest BCUT2D eigenvalue weighted by Gasteiger charge is -2.02. The summed E-state index contributed by atoms with van der Waals surface area (Å²) in [5.41, 5.74) is 0.489. The van der Waals surface area contributed by atoms with Gasteiger partial charge in [0, 0.05) is 18.3 Å². The maximum atomic E-state index is 10.6. The van der Waals surface area contributed by atoms with E-state index in [0.717, 1.165) is 0 Å². The van der Waals surface area contributed by atoms with E-state index >= 15 is 0 Å². The van der Waals surface area contributed by atoms with Gasteiger partial charge in [-0.05, 0) is 13.8 Å². The van der Waals surface area contributed by atoms with Crippen LogP contribution in [0.25, 0.3) is 0 Å². The largest absolute Gasteiger partial charge is 0.377 e. The molecule has 0 heterocycles. The van der Waals surface area contributed by atoms with Crippen molar-refractivity contribution in [3.05, 3.63) is 21.8 Å². The van der Waals surface area contributed by atoms with Crippen LogP contribution < -0.4 is 0 Å². The molecule has 1 aliphatic carbocycles. The first-order valence-electron chi connectivity index (χ1n) is 4.82. The van der Waals surface area contributed by atoms with Crippen LogP contribution in [0.4, 0.5) is 0 Å². The third kappa shape index (κ3) is 2.54. The molecule has 1 fully saturated rings. The highest BCUT2D eigenvalue weighted by Gasteiger charge is 2.61. The van der Waals surface area contributed by atoms with Gasteiger partial charge in [0.2, 0.25) is 5.54 Å². The van der Waals surface area contributed by atoms with Crippen LogP contribution in [-0.4, -0.2) is 23.7 Å². The van der Waals surface area contributed by atoms with Crippen molar-refractivity contribution in [3.63, 3.8) is 0 Å². The van der Waals surface area contributed by atoms with Crippen LogP contribution in [0.1, 0.15) is 27.2 Å². The molecule has 1 rings (SSSR count). The molecule has 0 saturated heterocycles. The van der Waals surface area contributed by atoms with Crippen molar-refractivity contribution in [1.82, 2.24) is 0 Å². The van der Waals surface area contributed by atoms with Crippen molar-refractivity contribution < 1.29 is 9.66 Å². The predicted octanol–water partition coefficient (Wildman–Crippen LogP) is 2.02. The third-order valence-electron chi connectivity index (χ3n) is 2.72. The van der Waals surface area contributed by atoms with Gasteiger partial charge in [-0.2, -0.15) is 0 Å². The maximum Gasteiger partial charge on any atom is 0.225 e. The highest BCUT2D eigenvalue weighted by Crippen LogP contribution is 2.45. The van der Waals surface area contributed by atoms with E-state index in [1.54, 1.807) is 6.92 Å². The molecule has 14 heavy (non-hydrogen) atoms. The van der Waals surface area contributed by atoms with Crippen LogP contribution in [-0.2, 0) is 4.74 Å². The molecule has 0 aliphatic heterocycles. The molecule has 4 heteroatoms. The van der Waals surface area contributed by atoms with Crippen molar-refractivity contribution in [2.24, 2.45) is 5.92 Å². The average Bonchev–Trinajstić information content (AvgIpc) is 2.73. The molecule has 0 aromatic carbocycles. The highest BCUT2D eigenvalue weighted by molar-refractivity contribution is 5.00. The normalized spacial score (nSPS) is 29.8. The van der Waals surface area contributed by atoms with Gasteiger partial charge in [0.05, 0.1) is 19.1 Å². The summed E-state index contributed by atoms with van der Waals surface area (Å²) >= 11 is 0. The monoisotopic (exact) mass is 199 g/mol. The Balaban J connectivity index is 2.18. The Morgan fingerprint density at radius 2 is 2.36 bits per heavy atom. The van der Waals surface area contributed by atoms with Crippen molar-refractivity contribution in [3.8, 4) is 0 Å². The summed E-state index contributed by atoms with van der Waals surface area (Å²) in [7, 11) is 0. The van der Waals surface area contributed by atoms with E-state index in [9.17, 15) is 10.1 Å². The zero-order chi connectivity index (χ0) is 10.8. The molecule has 0 radical (unpaired) electrons. The first-order valence-corrected chi connectivity index (χ1v) is 4.82. The molecule has 0 aromatic rings. The number of nitrogens with zero attached hydrogens (tertiary/aromatic N) is 1. The molecule has 4 nitrogen and oxygen atoms in total. The van der Waals surface area contributed by atoms with Gasteiger partial charge in [0.25, 0.3) is 0 Å². The second-order valence-corrected chi connectivity index (χ2v) is 4.33. The molecule has 0 amide bonds. The summed E-state index contributed by atoms with van der Waals surface area (Å²) in [6.45, 7) is 6.75. The van der Waals surface area contributed by atoms with Crippen LogP contribution in [0.2, 0.25) is 0 Å². The molecule has 0 N–H and O–H groups in total. The lowest BCUT2D eigenvalue weighted by Crippen LogP contribution is -2.21. The highest BCUT2D eigenvalue weighted by atomic mass is 16.6. The Morgan fingerprint density at radius 3 is 2.79 bits per heavy atom. The number of hydrogen-bond acceptors (Lipinski definition) is 3. The van der Waals surface area contributed by atoms with Crippen LogP contribution in [0, 0.1) is 16.0 Å². The molecule has 0 aromatic heterocycles. The summed E-state index contributed by atoms with van der Waals surface area (Å²) in [4.78, 5) is 10.4. The zero-order valence-corrected chi connectivity index (χ0v) is 8.95. The molecular formula is C10H17NO3. The molecule has 1 saturated carbocycles. The summed E-state index contributed by atoms with van der Waals surface area (Å²) in [5, 5.41) is 10.6. The molecule has 0 spiro atoms. The van der Waals surface area contributed by atoms with E-state index in [-0.39, 0.29) is 10.8 Å². The lowest BCUT2D eigenvalue weighted by molar-refractivity contribution is -0.538. The number of nitro groups is 1. The van der Waals surface area contributed by atoms with E-state index < -0.39 is 5.54 Å². The predicted molar refractivity (Wildman–Crippen MR) is 53.8 cm³/mol. The van der Waals surface area contributed by atoms with E-state index in [1.165, 1.54) is 5.57 Å². The summed E-state index contributed by atoms with van der Waals surface area (Å²) in [5.74, 6) is 0.100. The topological polar surface area (TPSA) is 52.4 Å². The van der Waals surface area contributed by atoms with Gasteiger partial charge in [-0.25, -0.2) is 0 Å². The van der Waals surface area contributed by atoms with Crippen LogP contribution in [0.3, 0.4) is 0 Å². The zero-order valence-electron chi connectivity index (χ0n) is 8.95. The number of rotatable bonds is 5. The first kappa shape index (κ1) is 11.2. The standard InChI is InChI=1S/C10H17NO3/c1-8(2)4-5-14-7-9-6-10(9,3)11(12)13/h4,9H,5-7H2,1-3H3. The summed E-state index contributed by atoms with van der Waals surface area (Å²) < 4.78 is 5.33. The first-order chi connectivity index (χ1) is 6.47. The van der Waals surface area contributed by atoms with Gasteiger partial charge in [-0.3, -0.25) is 10.1 Å². The van der Waals surface area contributed by atoms with Crippen molar-refractivity contribution in [2.45, 2.75) is 32.7 Å². The fraction of sp³-hybridized carbons (Fsp3) is 0.800. The SMILES string of the molecule is CC(C)=CCOCC1CC1(C)[N+](=O)[O-]. The van der Waals surface area contributed by atoms with Gasteiger partial charge < -0.3 is 4.74 Å². The fourth-order valence-electron chi connectivity index (χ4n) is 1.34. The van der Waals surface area contributed by atoms with E-state index in [2.05, 4.69) is 0 Å². The molecule has 0 bridgehead atoms. The smallest absolute Gasteiger partial charge is 0.225 e. The minimum atomic E-state index is -0.717. The molecule has 1 aliphatic rings. The van der Waals surface area contributed by atoms with Gasteiger partial charge in [0.1, 0.15) is 0 Å². The Morgan fingerprint density at radius 1 is 1.71 bits per heavy atom. The Labute approximate surface area is 84.1 Å². The van der Waals surface area contributed by atoms with Crippen molar-refractivity contribution in [2.75, 3.05) is 13.2 Å². The molecule has 80 valence electrons. The average molecular weight is 199 g/mol. The minimum Gasteiger partial charge on any atom is -0.377 e. The van der Waals surface area contributed by atoms with Crippen LogP contribution >= 0.6 is 0 Å². The number of allylic oxidation sites excluding steroid dienone is 1. The van der Waals surface area contributed by atoms with Crippen molar-refractivity contribution >= 4 is 0 Å². The second-order valence-electron chi connectivity index (χ2n) is 4.33. The number of hydrogen-bond donors (Lipinski definition) is 0. The fourth-order valence-corrected chi connectivity index (χ4v) is 1.34. The lowest BCUT2D eigenvalue weighted by atomic mass is 10.2. The number of ether oxygens (including phenoxy) is 1. The van der Waals surface area contributed by atoms with E-state index in [0.29, 0.717) is 19.6 Å². The summed E-state index contributed by atoms with van der Waals surface area (Å²) in [6, 6.07) is 0. The van der Waals surface area contributed by atoms with Crippen LogP contribution in [0.5, 0.6) is 0 Å². The quantitative estimate of drug-likeness (QED) is 0.294. The van der Waals surface area contributed by atoms with Crippen molar-refractivity contribution in [1.29, 1.82) is 0 Å². The van der Waals surface area contributed by atoms with Gasteiger partial charge in [0.15, 0.2) is 0 Å². The van der Waals surface area contributed by atoms with Gasteiger partial charge in [-0.1, -0.05) is 11.6 Å². The third-order valence-corrected chi connectivity index (χ3v) is 2.72. The minimum absolute atomic E-state index is 0.100. The van der Waals surface area contributed by atoms with E-state index in [4.69, 9.17) is 4.74 Å². The Hall–Kier alpha value is -0.900. The van der Waals surface area contributed by atoms with Gasteiger partial charge in [-0.15, -0.1) is 0 Å². The van der Waals surface area contributed by atoms with E-state index in [1.807, 2.05) is 19.9 Å². The Kier molecular flexibility index (Phi) is 3.26. The molecule has 2 unspecified atom stereocenters.